The molecule has 0 aliphatic heterocycles. The van der Waals surface area contributed by atoms with Crippen LogP contribution in [0.3, 0.4) is 0 Å². The molecular weight excluding hydrogens is 226 g/mol. The summed E-state index contributed by atoms with van der Waals surface area (Å²) in [7, 11) is 0. The lowest BCUT2D eigenvalue weighted by atomic mass is 10.3. The lowest BCUT2D eigenvalue weighted by Gasteiger charge is -2.22. The molecule has 1 fully saturated rings. The van der Waals surface area contributed by atoms with E-state index in [0.29, 0.717) is 12.6 Å². The Labute approximate surface area is 110 Å². The topological polar surface area (TPSA) is 41.3 Å². The van der Waals surface area contributed by atoms with Gasteiger partial charge in [-0.25, -0.2) is 4.98 Å². The first-order valence-electron chi connectivity index (χ1n) is 7.09. The van der Waals surface area contributed by atoms with Crippen LogP contribution in [-0.4, -0.2) is 38.8 Å². The van der Waals surface area contributed by atoms with Crippen LogP contribution >= 0.6 is 0 Å². The van der Waals surface area contributed by atoms with E-state index in [-0.39, 0.29) is 0 Å². The largest absolute Gasteiger partial charge is 0.396 e. The first kappa shape index (κ1) is 13.6. The van der Waals surface area contributed by atoms with Crippen LogP contribution in [0.25, 0.3) is 0 Å². The molecule has 0 unspecified atom stereocenters. The zero-order valence-electron chi connectivity index (χ0n) is 11.5. The Balaban J connectivity index is 1.93. The summed E-state index contributed by atoms with van der Waals surface area (Å²) >= 11 is 0. The van der Waals surface area contributed by atoms with Gasteiger partial charge in [0.1, 0.15) is 5.82 Å². The Morgan fingerprint density at radius 1 is 1.44 bits per heavy atom. The molecule has 18 heavy (non-hydrogen) atoms. The molecule has 4 nitrogen and oxygen atoms in total. The zero-order chi connectivity index (χ0) is 13.0. The highest BCUT2D eigenvalue weighted by molar-refractivity contribution is 4.96. The number of aliphatic hydroxyl groups excluding tert-OH is 1. The fourth-order valence-corrected chi connectivity index (χ4v) is 2.38. The van der Waals surface area contributed by atoms with E-state index in [0.717, 1.165) is 32.0 Å². The van der Waals surface area contributed by atoms with E-state index in [9.17, 15) is 0 Å². The summed E-state index contributed by atoms with van der Waals surface area (Å²) in [5, 5.41) is 8.87. The van der Waals surface area contributed by atoms with Gasteiger partial charge in [0.25, 0.3) is 0 Å². The van der Waals surface area contributed by atoms with Crippen molar-refractivity contribution in [1.29, 1.82) is 0 Å². The van der Waals surface area contributed by atoms with Crippen LogP contribution in [0.4, 0.5) is 0 Å². The Bertz CT molecular complexity index is 358. The molecule has 0 bridgehead atoms. The van der Waals surface area contributed by atoms with Crippen LogP contribution in [0.15, 0.2) is 12.4 Å². The van der Waals surface area contributed by atoms with Crippen LogP contribution in [0.1, 0.15) is 51.4 Å². The molecule has 102 valence electrons. The maximum absolute atomic E-state index is 8.87. The predicted octanol–water partition coefficient (Wildman–Crippen LogP) is 2.20. The molecule has 1 aliphatic carbocycles. The van der Waals surface area contributed by atoms with E-state index in [1.165, 1.54) is 18.7 Å². The first-order valence-corrected chi connectivity index (χ1v) is 7.09. The maximum Gasteiger partial charge on any atom is 0.123 e. The van der Waals surface area contributed by atoms with Gasteiger partial charge in [-0.15, -0.1) is 0 Å². The highest BCUT2D eigenvalue weighted by atomic mass is 16.2. The van der Waals surface area contributed by atoms with Crippen molar-refractivity contribution in [2.24, 2.45) is 0 Å². The Hall–Kier alpha value is -0.870. The molecule has 1 N–H and O–H groups in total. The molecular formula is C14H25N3O. The van der Waals surface area contributed by atoms with Crippen molar-refractivity contribution >= 4 is 0 Å². The van der Waals surface area contributed by atoms with E-state index in [4.69, 9.17) is 5.11 Å². The van der Waals surface area contributed by atoms with E-state index in [1.54, 1.807) is 0 Å². The SMILES string of the molecule is CC(C)n1ccnc1CN(CCCCO)C1CC1. The lowest BCUT2D eigenvalue weighted by molar-refractivity contribution is 0.221. The molecule has 0 saturated heterocycles. The standard InChI is InChI=1S/C14H25N3O/c1-12(2)17-9-7-15-14(17)11-16(13-5-6-13)8-3-4-10-18/h7,9,12-13,18H,3-6,8,10-11H2,1-2H3. The highest BCUT2D eigenvalue weighted by Gasteiger charge is 2.29. The van der Waals surface area contributed by atoms with Crippen molar-refractivity contribution in [3.05, 3.63) is 18.2 Å². The Morgan fingerprint density at radius 3 is 2.83 bits per heavy atom. The average Bonchev–Trinajstić information content (AvgIpc) is 3.08. The molecule has 1 aliphatic rings. The lowest BCUT2D eigenvalue weighted by Crippen LogP contribution is -2.28. The average molecular weight is 251 g/mol. The second kappa shape index (κ2) is 6.34. The van der Waals surface area contributed by atoms with Gasteiger partial charge in [0.15, 0.2) is 0 Å². The molecule has 0 spiro atoms. The quantitative estimate of drug-likeness (QED) is 0.720. The summed E-state index contributed by atoms with van der Waals surface area (Å²) in [6.45, 7) is 6.72. The normalized spacial score (nSPS) is 15.8. The third-order valence-electron chi connectivity index (χ3n) is 3.57. The van der Waals surface area contributed by atoms with Crippen molar-refractivity contribution in [3.8, 4) is 0 Å². The summed E-state index contributed by atoms with van der Waals surface area (Å²) in [5.41, 5.74) is 0. The highest BCUT2D eigenvalue weighted by Crippen LogP contribution is 2.28. The molecule has 2 rings (SSSR count). The maximum atomic E-state index is 8.87. The van der Waals surface area contributed by atoms with Crippen LogP contribution in [0.2, 0.25) is 0 Å². The van der Waals surface area contributed by atoms with Gasteiger partial charge in [-0.3, -0.25) is 4.90 Å². The molecule has 1 aromatic heterocycles. The zero-order valence-corrected chi connectivity index (χ0v) is 11.5. The Kier molecular flexibility index (Phi) is 4.78. The number of aromatic nitrogens is 2. The number of hydrogen-bond donors (Lipinski definition) is 1. The van der Waals surface area contributed by atoms with Crippen LogP contribution in [0.5, 0.6) is 0 Å². The molecule has 1 saturated carbocycles. The number of unbranched alkanes of at least 4 members (excludes halogenated alkanes) is 1. The van der Waals surface area contributed by atoms with Crippen LogP contribution in [-0.2, 0) is 6.54 Å². The van der Waals surface area contributed by atoms with Gasteiger partial charge >= 0.3 is 0 Å². The Morgan fingerprint density at radius 2 is 2.22 bits per heavy atom. The number of imidazole rings is 1. The fraction of sp³-hybridized carbons (Fsp3) is 0.786. The molecule has 1 heterocycles. The van der Waals surface area contributed by atoms with Gasteiger partial charge < -0.3 is 9.67 Å². The number of aliphatic hydroxyl groups is 1. The molecule has 4 heteroatoms. The van der Waals surface area contributed by atoms with Crippen molar-refractivity contribution in [1.82, 2.24) is 14.5 Å². The molecule has 0 amide bonds. The third-order valence-corrected chi connectivity index (χ3v) is 3.57. The number of rotatable bonds is 8. The smallest absolute Gasteiger partial charge is 0.123 e. The summed E-state index contributed by atoms with van der Waals surface area (Å²) < 4.78 is 2.25. The van der Waals surface area contributed by atoms with Crippen molar-refractivity contribution in [3.63, 3.8) is 0 Å². The summed E-state index contributed by atoms with van der Waals surface area (Å²) in [5.74, 6) is 1.17. The van der Waals surface area contributed by atoms with Gasteiger partial charge in [0.05, 0.1) is 6.54 Å². The predicted molar refractivity (Wildman–Crippen MR) is 72.4 cm³/mol. The second-order valence-corrected chi connectivity index (χ2v) is 5.48. The first-order chi connectivity index (χ1) is 8.72. The van der Waals surface area contributed by atoms with Gasteiger partial charge in [-0.2, -0.15) is 0 Å². The summed E-state index contributed by atoms with van der Waals surface area (Å²) in [6.07, 6.45) is 8.59. The minimum Gasteiger partial charge on any atom is -0.396 e. The van der Waals surface area contributed by atoms with Crippen LogP contribution in [0, 0.1) is 0 Å². The minimum atomic E-state index is 0.305. The van der Waals surface area contributed by atoms with Gasteiger partial charge in [0.2, 0.25) is 0 Å². The molecule has 0 aromatic carbocycles. The van der Waals surface area contributed by atoms with Gasteiger partial charge in [-0.1, -0.05) is 0 Å². The van der Waals surface area contributed by atoms with E-state index in [1.807, 2.05) is 6.20 Å². The monoisotopic (exact) mass is 251 g/mol. The minimum absolute atomic E-state index is 0.305. The van der Waals surface area contributed by atoms with Gasteiger partial charge in [0, 0.05) is 31.1 Å². The summed E-state index contributed by atoms with van der Waals surface area (Å²) in [6, 6.07) is 1.22. The molecule has 0 atom stereocenters. The van der Waals surface area contributed by atoms with Gasteiger partial charge in [-0.05, 0) is 46.1 Å². The van der Waals surface area contributed by atoms with Crippen molar-refractivity contribution < 1.29 is 5.11 Å². The van der Waals surface area contributed by atoms with E-state index < -0.39 is 0 Å². The summed E-state index contributed by atoms with van der Waals surface area (Å²) in [4.78, 5) is 7.01. The third kappa shape index (κ3) is 3.56. The second-order valence-electron chi connectivity index (χ2n) is 5.48. The number of hydrogen-bond acceptors (Lipinski definition) is 3. The molecule has 1 aromatic rings. The number of nitrogens with zero attached hydrogens (tertiary/aromatic N) is 3. The van der Waals surface area contributed by atoms with E-state index >= 15 is 0 Å². The van der Waals surface area contributed by atoms with Crippen molar-refractivity contribution in [2.45, 2.75) is 58.2 Å². The fourth-order valence-electron chi connectivity index (χ4n) is 2.38. The van der Waals surface area contributed by atoms with Crippen LogP contribution < -0.4 is 0 Å². The van der Waals surface area contributed by atoms with Crippen molar-refractivity contribution in [2.75, 3.05) is 13.2 Å². The molecule has 0 radical (unpaired) electrons. The van der Waals surface area contributed by atoms with E-state index in [2.05, 4.69) is 34.5 Å².